The van der Waals surface area contributed by atoms with Crippen molar-refractivity contribution in [3.05, 3.63) is 45.5 Å². The zero-order valence-corrected chi connectivity index (χ0v) is 9.82. The molecule has 0 spiro atoms. The van der Waals surface area contributed by atoms with Crippen LogP contribution >= 0.6 is 0 Å². The number of carboxylic acid groups (broad SMARTS) is 2. The maximum atomic E-state index is 13.1. The maximum Gasteiger partial charge on any atom is 0.318 e. The van der Waals surface area contributed by atoms with Gasteiger partial charge in [-0.1, -0.05) is 0 Å². The number of benzene rings is 1. The first-order valence-corrected chi connectivity index (χ1v) is 5.25. The number of hydrogen-bond acceptors (Lipinski definition) is 4. The fourth-order valence-corrected chi connectivity index (χ4v) is 1.80. The number of carbonyl (C=O) groups is 2. The second-order valence-corrected chi connectivity index (χ2v) is 3.98. The van der Waals surface area contributed by atoms with Gasteiger partial charge in [-0.25, -0.2) is 8.78 Å². The largest absolute Gasteiger partial charge is 0.481 e. The number of nitrogens with zero attached hydrogens (tertiary/aromatic N) is 1. The standard InChI is InChI=1S/C11H9F2NO6/c12-6-1-5(2-7(13)3-6)8(4-14(19)20)9(10(15)16)11(17)18/h1-3,8-9H,4H2,(H,15,16)(H,17,18). The third-order valence-electron chi connectivity index (χ3n) is 2.59. The quantitative estimate of drug-likeness (QED) is 0.460. The fourth-order valence-electron chi connectivity index (χ4n) is 1.80. The third kappa shape index (κ3) is 3.70. The van der Waals surface area contributed by atoms with Crippen LogP contribution in [0.15, 0.2) is 18.2 Å². The summed E-state index contributed by atoms with van der Waals surface area (Å²) in [6.07, 6.45) is 0. The van der Waals surface area contributed by atoms with Gasteiger partial charge >= 0.3 is 11.9 Å². The molecule has 1 aromatic rings. The lowest BCUT2D eigenvalue weighted by molar-refractivity contribution is -0.484. The molecule has 0 aliphatic carbocycles. The molecule has 0 saturated heterocycles. The van der Waals surface area contributed by atoms with E-state index >= 15 is 0 Å². The smallest absolute Gasteiger partial charge is 0.318 e. The van der Waals surface area contributed by atoms with Crippen molar-refractivity contribution in [1.82, 2.24) is 0 Å². The van der Waals surface area contributed by atoms with Gasteiger partial charge < -0.3 is 10.2 Å². The molecule has 20 heavy (non-hydrogen) atoms. The van der Waals surface area contributed by atoms with Crippen LogP contribution < -0.4 is 0 Å². The van der Waals surface area contributed by atoms with Gasteiger partial charge in [-0.05, 0) is 17.7 Å². The highest BCUT2D eigenvalue weighted by molar-refractivity contribution is 5.94. The van der Waals surface area contributed by atoms with Crippen molar-refractivity contribution in [2.45, 2.75) is 5.92 Å². The van der Waals surface area contributed by atoms with Crippen molar-refractivity contribution in [3.63, 3.8) is 0 Å². The predicted molar refractivity (Wildman–Crippen MR) is 59.7 cm³/mol. The average Bonchev–Trinajstić information content (AvgIpc) is 2.24. The summed E-state index contributed by atoms with van der Waals surface area (Å²) in [6.45, 7) is -1.08. The van der Waals surface area contributed by atoms with Crippen LogP contribution in [0.5, 0.6) is 0 Å². The van der Waals surface area contributed by atoms with Crippen LogP contribution in [-0.4, -0.2) is 33.6 Å². The van der Waals surface area contributed by atoms with E-state index in [0.29, 0.717) is 18.2 Å². The monoisotopic (exact) mass is 289 g/mol. The van der Waals surface area contributed by atoms with E-state index in [9.17, 15) is 28.5 Å². The van der Waals surface area contributed by atoms with Gasteiger partial charge in [0.1, 0.15) is 11.6 Å². The first-order valence-electron chi connectivity index (χ1n) is 5.25. The van der Waals surface area contributed by atoms with Crippen LogP contribution in [0.25, 0.3) is 0 Å². The molecule has 9 heteroatoms. The predicted octanol–water partition coefficient (Wildman–Crippen LogP) is 1.11. The van der Waals surface area contributed by atoms with E-state index in [0.717, 1.165) is 0 Å². The number of carboxylic acids is 2. The van der Waals surface area contributed by atoms with Crippen molar-refractivity contribution < 1.29 is 33.5 Å². The highest BCUT2D eigenvalue weighted by Gasteiger charge is 2.39. The SMILES string of the molecule is O=C(O)C(C(=O)O)C(C[N+](=O)[O-])c1cc(F)cc(F)c1. The molecule has 0 aromatic heterocycles. The molecule has 0 radical (unpaired) electrons. The molecule has 1 unspecified atom stereocenters. The van der Waals surface area contributed by atoms with E-state index in [4.69, 9.17) is 10.2 Å². The lowest BCUT2D eigenvalue weighted by Gasteiger charge is -2.17. The second kappa shape index (κ2) is 6.04. The van der Waals surface area contributed by atoms with E-state index in [-0.39, 0.29) is 0 Å². The molecule has 0 amide bonds. The molecule has 0 bridgehead atoms. The number of halogens is 2. The van der Waals surface area contributed by atoms with Gasteiger partial charge in [-0.2, -0.15) is 0 Å². The zero-order valence-electron chi connectivity index (χ0n) is 9.82. The molecule has 108 valence electrons. The topological polar surface area (TPSA) is 118 Å². The Bertz CT molecular complexity index is 528. The van der Waals surface area contributed by atoms with E-state index < -0.39 is 52.4 Å². The molecule has 7 nitrogen and oxygen atoms in total. The van der Waals surface area contributed by atoms with Gasteiger partial charge in [0.25, 0.3) is 0 Å². The Morgan fingerprint density at radius 3 is 1.95 bits per heavy atom. The van der Waals surface area contributed by atoms with Gasteiger partial charge in [0.2, 0.25) is 6.54 Å². The molecule has 0 aliphatic rings. The number of hydrogen-bond donors (Lipinski definition) is 2. The minimum atomic E-state index is -2.18. The number of rotatable bonds is 6. The Morgan fingerprint density at radius 1 is 1.15 bits per heavy atom. The van der Waals surface area contributed by atoms with Crippen LogP contribution in [-0.2, 0) is 9.59 Å². The minimum absolute atomic E-state index is 0.394. The van der Waals surface area contributed by atoms with E-state index in [1.165, 1.54) is 0 Å². The lowest BCUT2D eigenvalue weighted by Crippen LogP contribution is -2.33. The molecule has 0 heterocycles. The highest BCUT2D eigenvalue weighted by atomic mass is 19.1. The maximum absolute atomic E-state index is 13.1. The van der Waals surface area contributed by atoms with Crippen LogP contribution in [0, 0.1) is 27.7 Å². The molecular formula is C11H9F2NO6. The normalized spacial score (nSPS) is 12.2. The summed E-state index contributed by atoms with van der Waals surface area (Å²) in [5, 5.41) is 28.2. The van der Waals surface area contributed by atoms with Crippen molar-refractivity contribution in [3.8, 4) is 0 Å². The first kappa shape index (κ1) is 15.5. The Kier molecular flexibility index (Phi) is 4.68. The average molecular weight is 289 g/mol. The fraction of sp³-hybridized carbons (Fsp3) is 0.273. The Morgan fingerprint density at radius 2 is 1.60 bits per heavy atom. The Balaban J connectivity index is 3.33. The van der Waals surface area contributed by atoms with Crippen molar-refractivity contribution >= 4 is 11.9 Å². The molecule has 1 rings (SSSR count). The van der Waals surface area contributed by atoms with E-state index in [1.54, 1.807) is 0 Å². The first-order chi connectivity index (χ1) is 9.22. The molecular weight excluding hydrogens is 280 g/mol. The Hall–Kier alpha value is -2.58. The van der Waals surface area contributed by atoms with Gasteiger partial charge in [0.15, 0.2) is 5.92 Å². The minimum Gasteiger partial charge on any atom is -0.481 e. The summed E-state index contributed by atoms with van der Waals surface area (Å²) in [7, 11) is 0. The molecule has 2 N–H and O–H groups in total. The molecule has 0 aliphatic heterocycles. The van der Waals surface area contributed by atoms with Gasteiger partial charge in [0, 0.05) is 11.0 Å². The lowest BCUT2D eigenvalue weighted by atomic mass is 9.86. The summed E-state index contributed by atoms with van der Waals surface area (Å²) in [5.41, 5.74) is -0.394. The highest BCUT2D eigenvalue weighted by Crippen LogP contribution is 2.27. The van der Waals surface area contributed by atoms with E-state index in [2.05, 4.69) is 0 Å². The summed E-state index contributed by atoms with van der Waals surface area (Å²) >= 11 is 0. The third-order valence-corrected chi connectivity index (χ3v) is 2.59. The molecule has 0 saturated carbocycles. The van der Waals surface area contributed by atoms with Crippen LogP contribution in [0.4, 0.5) is 8.78 Å². The summed E-state index contributed by atoms with van der Waals surface area (Å²) in [4.78, 5) is 31.4. The van der Waals surface area contributed by atoms with Crippen LogP contribution in [0.2, 0.25) is 0 Å². The number of nitro groups is 1. The zero-order chi connectivity index (χ0) is 15.4. The van der Waals surface area contributed by atoms with Gasteiger partial charge in [-0.3, -0.25) is 19.7 Å². The van der Waals surface area contributed by atoms with Gasteiger partial charge in [-0.15, -0.1) is 0 Å². The second-order valence-electron chi connectivity index (χ2n) is 3.98. The van der Waals surface area contributed by atoms with E-state index in [1.807, 2.05) is 0 Å². The van der Waals surface area contributed by atoms with Crippen molar-refractivity contribution in [2.75, 3.05) is 6.54 Å². The summed E-state index contributed by atoms with van der Waals surface area (Å²) < 4.78 is 26.2. The van der Waals surface area contributed by atoms with Crippen LogP contribution in [0.1, 0.15) is 11.5 Å². The van der Waals surface area contributed by atoms with Crippen LogP contribution in [0.3, 0.4) is 0 Å². The number of aliphatic carboxylic acids is 2. The molecule has 1 atom stereocenters. The van der Waals surface area contributed by atoms with Crippen molar-refractivity contribution in [1.29, 1.82) is 0 Å². The summed E-state index contributed by atoms with van der Waals surface area (Å²) in [6, 6.07) is 1.84. The van der Waals surface area contributed by atoms with Gasteiger partial charge in [0.05, 0.1) is 5.92 Å². The van der Waals surface area contributed by atoms with Crippen molar-refractivity contribution in [2.24, 2.45) is 5.92 Å². The molecule has 0 fully saturated rings. The molecule has 1 aromatic carbocycles. The Labute approximate surface area is 110 Å². The summed E-state index contributed by atoms with van der Waals surface area (Å²) in [5.74, 6) is -9.68.